The Balaban J connectivity index is 2.00. The highest BCUT2D eigenvalue weighted by Crippen LogP contribution is 2.37. The fraction of sp³-hybridized carbons (Fsp3) is 0.462. The minimum Gasteiger partial charge on any atom is -0.324 e. The van der Waals surface area contributed by atoms with Gasteiger partial charge < -0.3 is 5.32 Å². The van der Waals surface area contributed by atoms with Gasteiger partial charge in [-0.25, -0.2) is 8.78 Å². The van der Waals surface area contributed by atoms with Gasteiger partial charge in [0.1, 0.15) is 0 Å². The molecule has 0 heterocycles. The molecule has 2 rings (SSSR count). The molecule has 1 amide bonds. The maximum Gasteiger partial charge on any atom is 0.248 e. The molecule has 1 fully saturated rings. The highest BCUT2D eigenvalue weighted by molar-refractivity contribution is 9.10. The molecule has 0 atom stereocenters. The van der Waals surface area contributed by atoms with Crippen LogP contribution in [0.5, 0.6) is 0 Å². The lowest BCUT2D eigenvalue weighted by Gasteiger charge is -2.27. The van der Waals surface area contributed by atoms with Crippen molar-refractivity contribution in [1.29, 1.82) is 0 Å². The molecule has 1 aliphatic carbocycles. The lowest BCUT2D eigenvalue weighted by atomic mass is 9.86. The van der Waals surface area contributed by atoms with E-state index in [1.807, 2.05) is 0 Å². The minimum atomic E-state index is -2.62. The highest BCUT2D eigenvalue weighted by atomic mass is 79.9. The fourth-order valence-electron chi connectivity index (χ4n) is 2.13. The van der Waals surface area contributed by atoms with Crippen LogP contribution in [0.25, 0.3) is 0 Å². The van der Waals surface area contributed by atoms with Crippen LogP contribution in [-0.2, 0) is 4.79 Å². The van der Waals surface area contributed by atoms with Crippen molar-refractivity contribution < 1.29 is 13.6 Å². The third kappa shape index (κ3) is 3.89. The molecule has 1 saturated carbocycles. The molecule has 19 heavy (non-hydrogen) atoms. The number of rotatable bonds is 2. The predicted octanol–water partition coefficient (Wildman–Crippen LogP) is 4.87. The summed E-state index contributed by atoms with van der Waals surface area (Å²) in [5, 5.41) is 3.13. The maximum absolute atomic E-state index is 13.0. The van der Waals surface area contributed by atoms with Crippen LogP contribution in [0.1, 0.15) is 25.7 Å². The molecule has 0 unspecified atom stereocenters. The predicted molar refractivity (Wildman–Crippen MR) is 74.7 cm³/mol. The van der Waals surface area contributed by atoms with E-state index in [1.165, 1.54) is 0 Å². The van der Waals surface area contributed by atoms with Crippen molar-refractivity contribution in [3.8, 4) is 0 Å². The van der Waals surface area contributed by atoms with Gasteiger partial charge in [-0.3, -0.25) is 4.79 Å². The average molecular weight is 353 g/mol. The average Bonchev–Trinajstić information content (AvgIpc) is 2.33. The number of carbonyl (C=O) groups is 1. The van der Waals surface area contributed by atoms with E-state index < -0.39 is 5.92 Å². The Morgan fingerprint density at radius 3 is 2.63 bits per heavy atom. The summed E-state index contributed by atoms with van der Waals surface area (Å²) < 4.78 is 26.8. The van der Waals surface area contributed by atoms with Crippen LogP contribution in [0, 0.1) is 5.92 Å². The van der Waals surface area contributed by atoms with Crippen molar-refractivity contribution in [2.75, 3.05) is 5.32 Å². The molecule has 0 bridgehead atoms. The third-order valence-corrected chi connectivity index (χ3v) is 4.10. The molecule has 0 spiro atoms. The quantitative estimate of drug-likeness (QED) is 0.808. The van der Waals surface area contributed by atoms with Crippen LogP contribution >= 0.6 is 27.5 Å². The van der Waals surface area contributed by atoms with E-state index in [4.69, 9.17) is 11.6 Å². The van der Waals surface area contributed by atoms with E-state index in [0.29, 0.717) is 10.7 Å². The van der Waals surface area contributed by atoms with E-state index in [0.717, 1.165) is 4.47 Å². The summed E-state index contributed by atoms with van der Waals surface area (Å²) in [6.07, 6.45) is -0.0243. The SMILES string of the molecule is O=C(Nc1cc(Br)ccc1Cl)C1CCC(F)(F)CC1. The zero-order valence-electron chi connectivity index (χ0n) is 10.1. The number of hydrogen-bond donors (Lipinski definition) is 1. The van der Waals surface area contributed by atoms with Gasteiger partial charge in [0.2, 0.25) is 11.8 Å². The molecule has 0 aliphatic heterocycles. The van der Waals surface area contributed by atoms with Crippen LogP contribution in [0.2, 0.25) is 5.02 Å². The summed E-state index contributed by atoms with van der Waals surface area (Å²) in [5.41, 5.74) is 0.498. The zero-order chi connectivity index (χ0) is 14.0. The molecule has 6 heteroatoms. The molecule has 1 N–H and O–H groups in total. The van der Waals surface area contributed by atoms with Gasteiger partial charge in [-0.15, -0.1) is 0 Å². The molecule has 104 valence electrons. The van der Waals surface area contributed by atoms with Crippen molar-refractivity contribution in [2.45, 2.75) is 31.6 Å². The Hall–Kier alpha value is -0.680. The standard InChI is InChI=1S/C13H13BrClF2NO/c14-9-1-2-10(15)11(7-9)18-12(19)8-3-5-13(16,17)6-4-8/h1-2,7-8H,3-6H2,(H,18,19). The summed E-state index contributed by atoms with van der Waals surface area (Å²) in [6, 6.07) is 5.12. The smallest absolute Gasteiger partial charge is 0.248 e. The van der Waals surface area contributed by atoms with E-state index in [9.17, 15) is 13.6 Å². The first-order chi connectivity index (χ1) is 8.87. The van der Waals surface area contributed by atoms with Crippen LogP contribution in [-0.4, -0.2) is 11.8 Å². The summed E-state index contributed by atoms with van der Waals surface area (Å²) in [5.74, 6) is -3.23. The highest BCUT2D eigenvalue weighted by Gasteiger charge is 2.37. The second-order valence-electron chi connectivity index (χ2n) is 4.74. The van der Waals surface area contributed by atoms with E-state index >= 15 is 0 Å². The molecule has 1 aliphatic rings. The van der Waals surface area contributed by atoms with Gasteiger partial charge >= 0.3 is 0 Å². The maximum atomic E-state index is 13.0. The van der Waals surface area contributed by atoms with Crippen molar-refractivity contribution in [3.63, 3.8) is 0 Å². The number of nitrogens with one attached hydrogen (secondary N) is 1. The van der Waals surface area contributed by atoms with Crippen LogP contribution < -0.4 is 5.32 Å². The van der Waals surface area contributed by atoms with Crippen LogP contribution in [0.15, 0.2) is 22.7 Å². The zero-order valence-corrected chi connectivity index (χ0v) is 12.4. The minimum absolute atomic E-state index is 0.213. The molecule has 0 aromatic heterocycles. The monoisotopic (exact) mass is 351 g/mol. The van der Waals surface area contributed by atoms with Crippen LogP contribution in [0.3, 0.4) is 0 Å². The molecule has 0 saturated heterocycles. The largest absolute Gasteiger partial charge is 0.324 e. The van der Waals surface area contributed by atoms with Gasteiger partial charge in [0.25, 0.3) is 0 Å². The number of carbonyl (C=O) groups excluding carboxylic acids is 1. The fourth-order valence-corrected chi connectivity index (χ4v) is 2.66. The summed E-state index contributed by atoms with van der Waals surface area (Å²) in [7, 11) is 0. The Kier molecular flexibility index (Phi) is 4.46. The lowest BCUT2D eigenvalue weighted by molar-refractivity contribution is -0.124. The van der Waals surface area contributed by atoms with Crippen LogP contribution in [0.4, 0.5) is 14.5 Å². The number of halogens is 4. The van der Waals surface area contributed by atoms with Gasteiger partial charge in [-0.1, -0.05) is 27.5 Å². The molecule has 0 radical (unpaired) electrons. The van der Waals surface area contributed by atoms with Crippen molar-refractivity contribution >= 4 is 39.1 Å². The van der Waals surface area contributed by atoms with Gasteiger partial charge in [-0.05, 0) is 31.0 Å². The Labute approximate surface area is 123 Å². The van der Waals surface area contributed by atoms with Gasteiger partial charge in [0.15, 0.2) is 0 Å². The van der Waals surface area contributed by atoms with E-state index in [-0.39, 0.29) is 37.5 Å². The normalized spacial score (nSPS) is 19.2. The molecular formula is C13H13BrClF2NO. The number of anilines is 1. The first-order valence-corrected chi connectivity index (χ1v) is 7.18. The van der Waals surface area contributed by atoms with Crippen molar-refractivity contribution in [3.05, 3.63) is 27.7 Å². The van der Waals surface area contributed by atoms with Crippen molar-refractivity contribution in [1.82, 2.24) is 0 Å². The molecule has 2 nitrogen and oxygen atoms in total. The first kappa shape index (κ1) is 14.7. The van der Waals surface area contributed by atoms with Gasteiger partial charge in [0, 0.05) is 23.2 Å². The van der Waals surface area contributed by atoms with E-state index in [2.05, 4.69) is 21.2 Å². The second kappa shape index (κ2) is 5.75. The number of benzene rings is 1. The number of amides is 1. The first-order valence-electron chi connectivity index (χ1n) is 6.01. The summed E-state index contributed by atoms with van der Waals surface area (Å²) in [4.78, 5) is 12.0. The molecule has 1 aromatic rings. The second-order valence-corrected chi connectivity index (χ2v) is 6.07. The lowest BCUT2D eigenvalue weighted by Crippen LogP contribution is -2.31. The molecule has 1 aromatic carbocycles. The topological polar surface area (TPSA) is 29.1 Å². The van der Waals surface area contributed by atoms with Gasteiger partial charge in [0.05, 0.1) is 10.7 Å². The van der Waals surface area contributed by atoms with Crippen molar-refractivity contribution in [2.24, 2.45) is 5.92 Å². The van der Waals surface area contributed by atoms with E-state index in [1.54, 1.807) is 18.2 Å². The Bertz CT molecular complexity index is 486. The summed E-state index contributed by atoms with van der Waals surface area (Å²) >= 11 is 9.26. The van der Waals surface area contributed by atoms with Gasteiger partial charge in [-0.2, -0.15) is 0 Å². The molecular weight excluding hydrogens is 340 g/mol. The number of hydrogen-bond acceptors (Lipinski definition) is 1. The number of alkyl halides is 2. The Morgan fingerprint density at radius 2 is 2.00 bits per heavy atom. The third-order valence-electron chi connectivity index (χ3n) is 3.27. The summed E-state index contributed by atoms with van der Waals surface area (Å²) in [6.45, 7) is 0. The Morgan fingerprint density at radius 1 is 1.37 bits per heavy atom.